The van der Waals surface area contributed by atoms with E-state index in [0.717, 1.165) is 15.1 Å². The van der Waals surface area contributed by atoms with Gasteiger partial charge in [0.1, 0.15) is 0 Å². The summed E-state index contributed by atoms with van der Waals surface area (Å²) in [7, 11) is 0. The highest BCUT2D eigenvalue weighted by Crippen LogP contribution is 2.32. The normalized spacial score (nSPS) is 10.8. The molecule has 14 heavy (non-hydrogen) atoms. The fraction of sp³-hybridized carbons (Fsp3) is 0.636. The minimum Gasteiger partial charge on any atom is -0.111 e. The van der Waals surface area contributed by atoms with Crippen molar-refractivity contribution in [1.29, 1.82) is 0 Å². The second-order valence-corrected chi connectivity index (χ2v) is 5.80. The molecule has 1 aromatic rings. The summed E-state index contributed by atoms with van der Waals surface area (Å²) in [5.74, 6) is 0. The van der Waals surface area contributed by atoms with Gasteiger partial charge < -0.3 is 0 Å². The quantitative estimate of drug-likeness (QED) is 0.580. The molecule has 80 valence electrons. The lowest BCUT2D eigenvalue weighted by molar-refractivity contribution is 0.633. The maximum absolute atomic E-state index is 6.02. The maximum atomic E-state index is 6.02. The molecule has 0 saturated heterocycles. The molecule has 1 heterocycles. The van der Waals surface area contributed by atoms with Gasteiger partial charge in [-0.2, -0.15) is 0 Å². The van der Waals surface area contributed by atoms with Crippen LogP contribution in [0.4, 0.5) is 0 Å². The zero-order valence-corrected chi connectivity index (χ0v) is 10.8. The molecule has 3 heteroatoms. The van der Waals surface area contributed by atoms with E-state index in [1.807, 2.05) is 6.07 Å². The first-order valence-corrected chi connectivity index (χ1v) is 6.75. The molecule has 0 spiro atoms. The Morgan fingerprint density at radius 2 is 1.86 bits per heavy atom. The van der Waals surface area contributed by atoms with Crippen LogP contribution < -0.4 is 0 Å². The minimum absolute atomic E-state index is 0.804. The zero-order valence-electron chi connectivity index (χ0n) is 8.48. The average Bonchev–Trinajstić information content (AvgIpc) is 2.45. The predicted octanol–water partition coefficient (Wildman–Crippen LogP) is 5.57. The lowest BCUT2D eigenvalue weighted by atomic mass is 10.1. The highest BCUT2D eigenvalue weighted by Gasteiger charge is 2.04. The highest BCUT2D eigenvalue weighted by atomic mass is 35.5. The van der Waals surface area contributed by atoms with Crippen molar-refractivity contribution in [3.63, 3.8) is 0 Å². The summed E-state index contributed by atoms with van der Waals surface area (Å²) < 4.78 is 1.67. The van der Waals surface area contributed by atoms with Crippen LogP contribution in [0.2, 0.25) is 8.67 Å². The number of aryl methyl sites for hydroxylation is 1. The second-order valence-electron chi connectivity index (χ2n) is 3.51. The van der Waals surface area contributed by atoms with Crippen molar-refractivity contribution >= 4 is 34.5 Å². The third-order valence-corrected chi connectivity index (χ3v) is 3.85. The summed E-state index contributed by atoms with van der Waals surface area (Å²) >= 11 is 13.3. The van der Waals surface area contributed by atoms with E-state index in [9.17, 15) is 0 Å². The van der Waals surface area contributed by atoms with Gasteiger partial charge in [0.25, 0.3) is 0 Å². The molecule has 0 radical (unpaired) electrons. The van der Waals surface area contributed by atoms with Crippen LogP contribution in [-0.2, 0) is 6.42 Å². The lowest BCUT2D eigenvalue weighted by Crippen LogP contribution is -1.83. The smallest absolute Gasteiger partial charge is 0.0976 e. The molecule has 0 aliphatic carbocycles. The van der Waals surface area contributed by atoms with Crippen LogP contribution in [0.3, 0.4) is 0 Å². The van der Waals surface area contributed by atoms with Gasteiger partial charge in [0.15, 0.2) is 0 Å². The van der Waals surface area contributed by atoms with Gasteiger partial charge in [0.05, 0.1) is 8.67 Å². The van der Waals surface area contributed by atoms with Gasteiger partial charge in [-0.3, -0.25) is 0 Å². The summed E-state index contributed by atoms with van der Waals surface area (Å²) in [4.78, 5) is 0. The minimum atomic E-state index is 0.804. The molecule has 0 aliphatic heterocycles. The first-order valence-electron chi connectivity index (χ1n) is 5.17. The van der Waals surface area contributed by atoms with Gasteiger partial charge in [0, 0.05) is 0 Å². The molecule has 0 aliphatic rings. The average molecular weight is 251 g/mol. The Morgan fingerprint density at radius 3 is 2.43 bits per heavy atom. The molecular formula is C11H16Cl2S. The first-order chi connectivity index (χ1) is 6.74. The van der Waals surface area contributed by atoms with Crippen LogP contribution in [0.15, 0.2) is 6.07 Å². The van der Waals surface area contributed by atoms with Crippen LogP contribution in [-0.4, -0.2) is 0 Å². The van der Waals surface area contributed by atoms with Crippen molar-refractivity contribution in [3.05, 3.63) is 20.3 Å². The number of thiophene rings is 1. The van der Waals surface area contributed by atoms with Gasteiger partial charge in [-0.25, -0.2) is 0 Å². The van der Waals surface area contributed by atoms with Gasteiger partial charge >= 0.3 is 0 Å². The molecule has 0 saturated carbocycles. The van der Waals surface area contributed by atoms with E-state index in [1.54, 1.807) is 0 Å². The molecular weight excluding hydrogens is 235 g/mol. The lowest BCUT2D eigenvalue weighted by Gasteiger charge is -1.99. The van der Waals surface area contributed by atoms with E-state index in [2.05, 4.69) is 6.92 Å². The van der Waals surface area contributed by atoms with Crippen molar-refractivity contribution in [2.75, 3.05) is 0 Å². The predicted molar refractivity (Wildman–Crippen MR) is 66.8 cm³/mol. The van der Waals surface area contributed by atoms with E-state index in [0.29, 0.717) is 0 Å². The molecule has 1 aromatic heterocycles. The van der Waals surface area contributed by atoms with Crippen LogP contribution in [0, 0.1) is 0 Å². The molecule has 0 fully saturated rings. The van der Waals surface area contributed by atoms with Crippen LogP contribution >= 0.6 is 34.5 Å². The largest absolute Gasteiger partial charge is 0.111 e. The first kappa shape index (κ1) is 12.4. The monoisotopic (exact) mass is 250 g/mol. The molecule has 0 aromatic carbocycles. The van der Waals surface area contributed by atoms with E-state index >= 15 is 0 Å². The molecule has 0 bridgehead atoms. The summed E-state index contributed by atoms with van der Waals surface area (Å²) in [6.07, 6.45) is 7.59. The van der Waals surface area contributed by atoms with Crippen LogP contribution in [0.1, 0.15) is 44.6 Å². The number of halogens is 2. The molecule has 0 atom stereocenters. The summed E-state index contributed by atoms with van der Waals surface area (Å²) in [5, 5.41) is 0. The molecule has 0 nitrogen and oxygen atoms in total. The summed E-state index contributed by atoms with van der Waals surface area (Å²) in [6, 6.07) is 1.99. The van der Waals surface area contributed by atoms with E-state index in [1.165, 1.54) is 49.0 Å². The maximum Gasteiger partial charge on any atom is 0.0976 e. The summed E-state index contributed by atoms with van der Waals surface area (Å²) in [5.41, 5.74) is 1.22. The van der Waals surface area contributed by atoms with E-state index in [4.69, 9.17) is 23.2 Å². The van der Waals surface area contributed by atoms with Gasteiger partial charge in [0.2, 0.25) is 0 Å². The topological polar surface area (TPSA) is 0 Å². The number of rotatable bonds is 6. The Bertz CT molecular complexity index is 268. The third-order valence-electron chi connectivity index (χ3n) is 2.28. The Labute approximate surface area is 100 Å². The second kappa shape index (κ2) is 6.71. The summed E-state index contributed by atoms with van der Waals surface area (Å²) in [6.45, 7) is 2.23. The Hall–Kier alpha value is 0.280. The molecule has 0 unspecified atom stereocenters. The van der Waals surface area contributed by atoms with Crippen molar-refractivity contribution < 1.29 is 0 Å². The SMILES string of the molecule is CCCCCCCc1cc(Cl)sc1Cl. The van der Waals surface area contributed by atoms with Crippen LogP contribution in [0.25, 0.3) is 0 Å². The Kier molecular flexibility index (Phi) is 5.92. The van der Waals surface area contributed by atoms with Crippen molar-refractivity contribution in [2.24, 2.45) is 0 Å². The highest BCUT2D eigenvalue weighted by molar-refractivity contribution is 7.20. The molecule has 1 rings (SSSR count). The fourth-order valence-electron chi connectivity index (χ4n) is 1.46. The fourth-order valence-corrected chi connectivity index (χ4v) is 3.01. The van der Waals surface area contributed by atoms with Crippen LogP contribution in [0.5, 0.6) is 0 Å². The van der Waals surface area contributed by atoms with Gasteiger partial charge in [-0.1, -0.05) is 55.8 Å². The standard InChI is InChI=1S/C11H16Cl2S/c1-2-3-4-5-6-7-9-8-10(12)14-11(9)13/h8H,2-7H2,1H3. The van der Waals surface area contributed by atoms with Crippen molar-refractivity contribution in [3.8, 4) is 0 Å². The zero-order chi connectivity index (χ0) is 10.4. The van der Waals surface area contributed by atoms with Crippen molar-refractivity contribution in [2.45, 2.75) is 45.4 Å². The number of unbranched alkanes of at least 4 members (excludes halogenated alkanes) is 4. The Morgan fingerprint density at radius 1 is 1.14 bits per heavy atom. The number of hydrogen-bond acceptors (Lipinski definition) is 1. The van der Waals surface area contributed by atoms with Gasteiger partial charge in [-0.15, -0.1) is 11.3 Å². The Balaban J connectivity index is 2.21. The van der Waals surface area contributed by atoms with Crippen molar-refractivity contribution in [1.82, 2.24) is 0 Å². The van der Waals surface area contributed by atoms with E-state index < -0.39 is 0 Å². The van der Waals surface area contributed by atoms with E-state index in [-0.39, 0.29) is 0 Å². The van der Waals surface area contributed by atoms with Gasteiger partial charge in [-0.05, 0) is 24.5 Å². The molecule has 0 N–H and O–H groups in total. The third kappa shape index (κ3) is 4.20. The molecule has 0 amide bonds. The number of hydrogen-bond donors (Lipinski definition) is 0.